The quantitative estimate of drug-likeness (QED) is 0.906. The first-order chi connectivity index (χ1) is 10.4. The Morgan fingerprint density at radius 2 is 2.24 bits per heavy atom. The van der Waals surface area contributed by atoms with Gasteiger partial charge in [-0.25, -0.2) is 0 Å². The van der Waals surface area contributed by atoms with Gasteiger partial charge in [0.1, 0.15) is 5.69 Å². The molecule has 0 bridgehead atoms. The zero-order valence-electron chi connectivity index (χ0n) is 12.3. The summed E-state index contributed by atoms with van der Waals surface area (Å²) in [4.78, 5) is 11.6. The van der Waals surface area contributed by atoms with Crippen LogP contribution in [-0.4, -0.2) is 58.4 Å². The van der Waals surface area contributed by atoms with E-state index in [2.05, 4.69) is 25.1 Å². The second-order valence-electron chi connectivity index (χ2n) is 5.39. The number of likely N-dealkylation sites (tertiary alicyclic amines) is 1. The van der Waals surface area contributed by atoms with Gasteiger partial charge in [0.25, 0.3) is 0 Å². The monoisotopic (exact) mass is 287 g/mol. The first-order valence-electron chi connectivity index (χ1n) is 7.40. The van der Waals surface area contributed by atoms with Gasteiger partial charge < -0.3 is 9.64 Å². The van der Waals surface area contributed by atoms with Crippen LogP contribution in [-0.2, 0) is 4.74 Å². The fraction of sp³-hybridized carbons (Fsp3) is 0.533. The summed E-state index contributed by atoms with van der Waals surface area (Å²) in [6.45, 7) is 3.91. The maximum atomic E-state index is 5.19. The summed E-state index contributed by atoms with van der Waals surface area (Å²) in [5.74, 6) is 0.419. The summed E-state index contributed by atoms with van der Waals surface area (Å²) in [5.41, 5.74) is 2.93. The van der Waals surface area contributed by atoms with Crippen molar-refractivity contribution >= 4 is 0 Å². The SMILES string of the molecule is COCCN1CCCC(c2nccnc2-c2ccn[nH]2)C1. The number of hydrogen-bond donors (Lipinski definition) is 1. The molecule has 0 aliphatic carbocycles. The van der Waals surface area contributed by atoms with E-state index in [1.807, 2.05) is 6.07 Å². The Labute approximate surface area is 124 Å². The molecule has 21 heavy (non-hydrogen) atoms. The lowest BCUT2D eigenvalue weighted by Gasteiger charge is -2.32. The zero-order valence-corrected chi connectivity index (χ0v) is 12.3. The van der Waals surface area contributed by atoms with Gasteiger partial charge in [0.2, 0.25) is 0 Å². The maximum Gasteiger partial charge on any atom is 0.110 e. The smallest absolute Gasteiger partial charge is 0.110 e. The average Bonchev–Trinajstić information content (AvgIpc) is 3.07. The topological polar surface area (TPSA) is 66.9 Å². The van der Waals surface area contributed by atoms with Gasteiger partial charge in [-0.05, 0) is 25.5 Å². The lowest BCUT2D eigenvalue weighted by atomic mass is 9.92. The molecule has 2 aromatic rings. The molecule has 1 atom stereocenters. The molecule has 1 unspecified atom stereocenters. The molecule has 0 aromatic carbocycles. The minimum atomic E-state index is 0.419. The van der Waals surface area contributed by atoms with Gasteiger partial charge in [0, 0.05) is 44.7 Å². The fourth-order valence-corrected chi connectivity index (χ4v) is 2.95. The van der Waals surface area contributed by atoms with Gasteiger partial charge in [-0.15, -0.1) is 0 Å². The number of H-pyrrole nitrogens is 1. The normalized spacial score (nSPS) is 19.8. The molecule has 0 amide bonds. The number of methoxy groups -OCH3 is 1. The number of aromatic amines is 1. The molecule has 3 heterocycles. The summed E-state index contributed by atoms with van der Waals surface area (Å²) < 4.78 is 5.19. The van der Waals surface area contributed by atoms with Gasteiger partial charge in [0.15, 0.2) is 0 Å². The molecular formula is C15H21N5O. The van der Waals surface area contributed by atoms with Crippen LogP contribution in [0.15, 0.2) is 24.7 Å². The number of nitrogens with one attached hydrogen (secondary N) is 1. The molecule has 112 valence electrons. The summed E-state index contributed by atoms with van der Waals surface area (Å²) in [6, 6.07) is 1.94. The standard InChI is InChI=1S/C15H21N5O/c1-21-10-9-20-8-2-3-12(11-20)14-15(17-7-6-16-14)13-4-5-18-19-13/h4-7,12H,2-3,8-11H2,1H3,(H,18,19). The van der Waals surface area contributed by atoms with Crippen LogP contribution < -0.4 is 0 Å². The summed E-state index contributed by atoms with van der Waals surface area (Å²) in [5, 5.41) is 7.01. The van der Waals surface area contributed by atoms with Crippen molar-refractivity contribution in [3.8, 4) is 11.4 Å². The van der Waals surface area contributed by atoms with E-state index < -0.39 is 0 Å². The minimum absolute atomic E-state index is 0.419. The van der Waals surface area contributed by atoms with E-state index >= 15 is 0 Å². The van der Waals surface area contributed by atoms with E-state index in [9.17, 15) is 0 Å². The fourth-order valence-electron chi connectivity index (χ4n) is 2.95. The highest BCUT2D eigenvalue weighted by Gasteiger charge is 2.25. The molecule has 0 saturated carbocycles. The van der Waals surface area contributed by atoms with Crippen LogP contribution in [0.1, 0.15) is 24.5 Å². The van der Waals surface area contributed by atoms with Gasteiger partial charge in [-0.3, -0.25) is 15.1 Å². The van der Waals surface area contributed by atoms with Crippen molar-refractivity contribution in [2.45, 2.75) is 18.8 Å². The van der Waals surface area contributed by atoms with Crippen LogP contribution in [0.5, 0.6) is 0 Å². The van der Waals surface area contributed by atoms with Crippen LogP contribution in [0.4, 0.5) is 0 Å². The number of ether oxygens (including phenoxy) is 1. The van der Waals surface area contributed by atoms with Crippen molar-refractivity contribution in [1.29, 1.82) is 0 Å². The first-order valence-corrected chi connectivity index (χ1v) is 7.40. The molecule has 6 nitrogen and oxygen atoms in total. The van der Waals surface area contributed by atoms with E-state index in [0.717, 1.165) is 49.7 Å². The molecule has 1 aliphatic rings. The average molecular weight is 287 g/mol. The molecule has 1 aliphatic heterocycles. The Bertz CT molecular complexity index is 557. The van der Waals surface area contributed by atoms with Gasteiger partial charge in [0.05, 0.1) is 18.0 Å². The van der Waals surface area contributed by atoms with Crippen LogP contribution >= 0.6 is 0 Å². The minimum Gasteiger partial charge on any atom is -0.383 e. The van der Waals surface area contributed by atoms with Gasteiger partial charge in [-0.2, -0.15) is 5.10 Å². The lowest BCUT2D eigenvalue weighted by Crippen LogP contribution is -2.37. The third-order valence-corrected chi connectivity index (χ3v) is 3.99. The first kappa shape index (κ1) is 14.2. The second-order valence-corrected chi connectivity index (χ2v) is 5.39. The largest absolute Gasteiger partial charge is 0.383 e. The van der Waals surface area contributed by atoms with E-state index in [4.69, 9.17) is 4.74 Å². The zero-order chi connectivity index (χ0) is 14.5. The second kappa shape index (κ2) is 6.78. The Morgan fingerprint density at radius 1 is 1.33 bits per heavy atom. The highest BCUT2D eigenvalue weighted by Crippen LogP contribution is 2.30. The van der Waals surface area contributed by atoms with Gasteiger partial charge in [-0.1, -0.05) is 0 Å². The highest BCUT2D eigenvalue weighted by atomic mass is 16.5. The molecule has 1 N–H and O–H groups in total. The van der Waals surface area contributed by atoms with Crippen LogP contribution in [0, 0.1) is 0 Å². The van der Waals surface area contributed by atoms with Crippen molar-refractivity contribution in [3.63, 3.8) is 0 Å². The van der Waals surface area contributed by atoms with E-state index in [0.29, 0.717) is 5.92 Å². The van der Waals surface area contributed by atoms with Crippen LogP contribution in [0.25, 0.3) is 11.4 Å². The van der Waals surface area contributed by atoms with Crippen molar-refractivity contribution in [1.82, 2.24) is 25.1 Å². The summed E-state index contributed by atoms with van der Waals surface area (Å²) in [6.07, 6.45) is 7.62. The van der Waals surface area contributed by atoms with E-state index in [-0.39, 0.29) is 0 Å². The molecule has 0 radical (unpaired) electrons. The maximum absolute atomic E-state index is 5.19. The van der Waals surface area contributed by atoms with Crippen LogP contribution in [0.3, 0.4) is 0 Å². The predicted octanol–water partition coefficient (Wildman–Crippen LogP) is 1.69. The Hall–Kier alpha value is -1.79. The number of rotatable bonds is 5. The van der Waals surface area contributed by atoms with E-state index in [1.165, 1.54) is 6.42 Å². The van der Waals surface area contributed by atoms with Crippen molar-refractivity contribution in [2.24, 2.45) is 0 Å². The van der Waals surface area contributed by atoms with E-state index in [1.54, 1.807) is 25.7 Å². The Kier molecular flexibility index (Phi) is 4.57. The summed E-state index contributed by atoms with van der Waals surface area (Å²) in [7, 11) is 1.75. The van der Waals surface area contributed by atoms with Crippen LogP contribution in [0.2, 0.25) is 0 Å². The molecule has 0 spiro atoms. The molecule has 1 saturated heterocycles. The lowest BCUT2D eigenvalue weighted by molar-refractivity contribution is 0.127. The van der Waals surface area contributed by atoms with Gasteiger partial charge >= 0.3 is 0 Å². The number of hydrogen-bond acceptors (Lipinski definition) is 5. The Morgan fingerprint density at radius 3 is 3.05 bits per heavy atom. The number of piperidine rings is 1. The molecular weight excluding hydrogens is 266 g/mol. The number of aromatic nitrogens is 4. The van der Waals surface area contributed by atoms with Crippen molar-refractivity contribution in [3.05, 3.63) is 30.4 Å². The molecule has 6 heteroatoms. The third kappa shape index (κ3) is 3.28. The number of nitrogens with zero attached hydrogens (tertiary/aromatic N) is 4. The van der Waals surface area contributed by atoms with Crippen molar-refractivity contribution < 1.29 is 4.74 Å². The molecule has 1 fully saturated rings. The third-order valence-electron chi connectivity index (χ3n) is 3.99. The molecule has 2 aromatic heterocycles. The summed E-state index contributed by atoms with van der Waals surface area (Å²) >= 11 is 0. The Balaban J connectivity index is 1.80. The van der Waals surface area contributed by atoms with Crippen molar-refractivity contribution in [2.75, 3.05) is 33.4 Å². The molecule has 3 rings (SSSR count). The highest BCUT2D eigenvalue weighted by molar-refractivity contribution is 5.56. The predicted molar refractivity (Wildman–Crippen MR) is 79.9 cm³/mol.